The lowest BCUT2D eigenvalue weighted by atomic mass is 10.1. The van der Waals surface area contributed by atoms with Crippen LogP contribution in [0.5, 0.6) is 0 Å². The average molecular weight is 357 g/mol. The molecule has 1 aromatic carbocycles. The van der Waals surface area contributed by atoms with Gasteiger partial charge in [-0.1, -0.05) is 28.9 Å². The van der Waals surface area contributed by atoms with Gasteiger partial charge in [0, 0.05) is 23.0 Å². The number of pyridine rings is 1. The van der Waals surface area contributed by atoms with E-state index in [-0.39, 0.29) is 16.9 Å². The van der Waals surface area contributed by atoms with Crippen LogP contribution in [-0.4, -0.2) is 24.8 Å². The maximum atomic E-state index is 12.5. The van der Waals surface area contributed by atoms with Crippen LogP contribution in [0.25, 0.3) is 10.9 Å². The second-order valence-corrected chi connectivity index (χ2v) is 7.20. The van der Waals surface area contributed by atoms with E-state index >= 15 is 0 Å². The average Bonchev–Trinajstić information content (AvgIpc) is 2.45. The van der Waals surface area contributed by atoms with Crippen LogP contribution in [0.2, 0.25) is 0 Å². The van der Waals surface area contributed by atoms with E-state index < -0.39 is 10.0 Å². The van der Waals surface area contributed by atoms with Gasteiger partial charge in [-0.25, -0.2) is 13.1 Å². The molecule has 2 aromatic rings. The molecule has 0 saturated carbocycles. The van der Waals surface area contributed by atoms with Crippen molar-refractivity contribution >= 4 is 36.9 Å². The number of hydrogen-bond acceptors (Lipinski definition) is 3. The lowest BCUT2D eigenvalue weighted by Gasteiger charge is -2.19. The second kappa shape index (κ2) is 6.20. The topological polar surface area (TPSA) is 59.1 Å². The van der Waals surface area contributed by atoms with E-state index in [1.807, 2.05) is 13.8 Å². The summed E-state index contributed by atoms with van der Waals surface area (Å²) >= 11 is 3.37. The number of aromatic nitrogens is 1. The highest BCUT2D eigenvalue weighted by molar-refractivity contribution is 9.09. The smallest absolute Gasteiger partial charge is 0.241 e. The molecule has 0 saturated heterocycles. The van der Waals surface area contributed by atoms with Gasteiger partial charge in [-0.15, -0.1) is 0 Å². The molecule has 20 heavy (non-hydrogen) atoms. The first-order valence-corrected chi connectivity index (χ1v) is 8.98. The Morgan fingerprint density at radius 3 is 2.70 bits per heavy atom. The van der Waals surface area contributed by atoms with Crippen LogP contribution in [0.4, 0.5) is 0 Å². The summed E-state index contributed by atoms with van der Waals surface area (Å²) in [6, 6.07) is 8.49. The third kappa shape index (κ3) is 3.19. The van der Waals surface area contributed by atoms with Gasteiger partial charge in [0.2, 0.25) is 10.0 Å². The molecule has 0 radical (unpaired) electrons. The molecule has 1 N–H and O–H groups in total. The first-order chi connectivity index (χ1) is 9.45. The van der Waals surface area contributed by atoms with Crippen molar-refractivity contribution in [3.63, 3.8) is 0 Å². The van der Waals surface area contributed by atoms with Crippen LogP contribution in [0.3, 0.4) is 0 Å². The van der Waals surface area contributed by atoms with Crippen LogP contribution in [0.15, 0.2) is 41.4 Å². The molecular formula is C14H17BrN2O2S. The molecule has 2 unspecified atom stereocenters. The van der Waals surface area contributed by atoms with E-state index in [1.165, 1.54) is 0 Å². The molecule has 0 aliphatic rings. The lowest BCUT2D eigenvalue weighted by Crippen LogP contribution is -2.37. The molecule has 1 aromatic heterocycles. The van der Waals surface area contributed by atoms with Crippen molar-refractivity contribution in [2.75, 3.05) is 5.33 Å². The fraction of sp³-hybridized carbons (Fsp3) is 0.357. The summed E-state index contributed by atoms with van der Waals surface area (Å²) in [4.78, 5) is 4.46. The van der Waals surface area contributed by atoms with Crippen molar-refractivity contribution in [3.05, 3.63) is 36.5 Å². The van der Waals surface area contributed by atoms with Crippen LogP contribution in [-0.2, 0) is 10.0 Å². The van der Waals surface area contributed by atoms with Crippen molar-refractivity contribution in [2.45, 2.75) is 24.8 Å². The highest BCUT2D eigenvalue weighted by atomic mass is 79.9. The summed E-state index contributed by atoms with van der Waals surface area (Å²) in [5.74, 6) is 0.206. The van der Waals surface area contributed by atoms with Gasteiger partial charge in [0.05, 0.1) is 10.4 Å². The maximum absolute atomic E-state index is 12.5. The van der Waals surface area contributed by atoms with Gasteiger partial charge in [0.15, 0.2) is 0 Å². The first kappa shape index (κ1) is 15.4. The predicted octanol–water partition coefficient (Wildman–Crippen LogP) is 2.93. The SMILES string of the molecule is CC(CBr)C(C)NS(=O)(=O)c1cccc2ncccc12. The molecule has 0 aliphatic carbocycles. The van der Waals surface area contributed by atoms with Gasteiger partial charge in [-0.2, -0.15) is 0 Å². The number of nitrogens with zero attached hydrogens (tertiary/aromatic N) is 1. The van der Waals surface area contributed by atoms with Crippen molar-refractivity contribution in [2.24, 2.45) is 5.92 Å². The molecule has 0 aliphatic heterocycles. The second-order valence-electron chi connectivity index (χ2n) is 4.87. The third-order valence-corrected chi connectivity index (χ3v) is 5.97. The van der Waals surface area contributed by atoms with Crippen LogP contribution >= 0.6 is 15.9 Å². The Morgan fingerprint density at radius 1 is 1.25 bits per heavy atom. The zero-order valence-corrected chi connectivity index (χ0v) is 13.8. The lowest BCUT2D eigenvalue weighted by molar-refractivity contribution is 0.484. The van der Waals surface area contributed by atoms with E-state index in [4.69, 9.17) is 0 Å². The van der Waals surface area contributed by atoms with Crippen molar-refractivity contribution in [1.29, 1.82) is 0 Å². The van der Waals surface area contributed by atoms with E-state index in [0.29, 0.717) is 10.9 Å². The summed E-state index contributed by atoms with van der Waals surface area (Å²) < 4.78 is 27.8. The molecule has 2 atom stereocenters. The standard InChI is InChI=1S/C14H17BrN2O2S/c1-10(9-15)11(2)17-20(18,19)14-7-3-6-13-12(14)5-4-8-16-13/h3-8,10-11,17H,9H2,1-2H3. The van der Waals surface area contributed by atoms with E-state index in [1.54, 1.807) is 36.5 Å². The van der Waals surface area contributed by atoms with Gasteiger partial charge in [-0.3, -0.25) is 4.98 Å². The van der Waals surface area contributed by atoms with Crippen molar-refractivity contribution in [3.8, 4) is 0 Å². The number of halogens is 1. The molecule has 4 nitrogen and oxygen atoms in total. The van der Waals surface area contributed by atoms with E-state index in [9.17, 15) is 8.42 Å². The number of hydrogen-bond donors (Lipinski definition) is 1. The molecule has 0 amide bonds. The third-order valence-electron chi connectivity index (χ3n) is 3.33. The number of benzene rings is 1. The minimum Gasteiger partial charge on any atom is -0.256 e. The zero-order chi connectivity index (χ0) is 14.8. The number of fused-ring (bicyclic) bond motifs is 1. The van der Waals surface area contributed by atoms with Gasteiger partial charge in [0.1, 0.15) is 0 Å². The van der Waals surface area contributed by atoms with Gasteiger partial charge < -0.3 is 0 Å². The summed E-state index contributed by atoms with van der Waals surface area (Å²) in [7, 11) is -3.55. The van der Waals surface area contributed by atoms with Gasteiger partial charge >= 0.3 is 0 Å². The number of alkyl halides is 1. The summed E-state index contributed by atoms with van der Waals surface area (Å²) in [5, 5.41) is 1.38. The number of rotatable bonds is 5. The van der Waals surface area contributed by atoms with Crippen LogP contribution in [0.1, 0.15) is 13.8 Å². The zero-order valence-electron chi connectivity index (χ0n) is 11.4. The van der Waals surface area contributed by atoms with E-state index in [2.05, 4.69) is 25.6 Å². The summed E-state index contributed by atoms with van der Waals surface area (Å²) in [6.45, 7) is 3.86. The summed E-state index contributed by atoms with van der Waals surface area (Å²) in [5.41, 5.74) is 0.677. The Bertz CT molecular complexity index is 698. The van der Waals surface area contributed by atoms with Crippen LogP contribution in [0, 0.1) is 5.92 Å². The molecule has 1 heterocycles. The Labute approximate surface area is 127 Å². The molecule has 6 heteroatoms. The largest absolute Gasteiger partial charge is 0.256 e. The Morgan fingerprint density at radius 2 is 2.00 bits per heavy atom. The molecule has 0 fully saturated rings. The fourth-order valence-electron chi connectivity index (χ4n) is 1.87. The van der Waals surface area contributed by atoms with Crippen molar-refractivity contribution < 1.29 is 8.42 Å². The molecule has 108 valence electrons. The quantitative estimate of drug-likeness (QED) is 0.837. The summed E-state index contributed by atoms with van der Waals surface area (Å²) in [6.07, 6.45) is 1.65. The molecule has 2 rings (SSSR count). The Balaban J connectivity index is 2.42. The van der Waals surface area contributed by atoms with Crippen LogP contribution < -0.4 is 4.72 Å². The highest BCUT2D eigenvalue weighted by Crippen LogP contribution is 2.22. The molecular weight excluding hydrogens is 340 g/mol. The fourth-order valence-corrected chi connectivity index (χ4v) is 4.00. The normalized spacial score (nSPS) is 15.2. The van der Waals surface area contributed by atoms with Gasteiger partial charge in [0.25, 0.3) is 0 Å². The number of nitrogens with one attached hydrogen (secondary N) is 1. The minimum absolute atomic E-state index is 0.147. The van der Waals surface area contributed by atoms with E-state index in [0.717, 1.165) is 5.33 Å². The molecule has 0 bridgehead atoms. The Kier molecular flexibility index (Phi) is 4.78. The first-order valence-electron chi connectivity index (χ1n) is 6.37. The monoisotopic (exact) mass is 356 g/mol. The maximum Gasteiger partial charge on any atom is 0.241 e. The highest BCUT2D eigenvalue weighted by Gasteiger charge is 2.22. The van der Waals surface area contributed by atoms with Crippen molar-refractivity contribution in [1.82, 2.24) is 9.71 Å². The number of sulfonamides is 1. The molecule has 0 spiro atoms. The minimum atomic E-state index is -3.55. The Hall–Kier alpha value is -0.980. The predicted molar refractivity (Wildman–Crippen MR) is 84.5 cm³/mol. The van der Waals surface area contributed by atoms with Gasteiger partial charge in [-0.05, 0) is 37.1 Å².